The molecule has 2 aliphatic rings. The van der Waals surface area contributed by atoms with E-state index in [1.165, 1.54) is 0 Å². The van der Waals surface area contributed by atoms with Gasteiger partial charge in [-0.05, 0) is 25.0 Å². The van der Waals surface area contributed by atoms with Crippen molar-refractivity contribution in [3.63, 3.8) is 0 Å². The van der Waals surface area contributed by atoms with Gasteiger partial charge in [-0.25, -0.2) is 0 Å². The summed E-state index contributed by atoms with van der Waals surface area (Å²) in [5.41, 5.74) is 4.57. The van der Waals surface area contributed by atoms with E-state index in [2.05, 4.69) is 33.5 Å². The zero-order chi connectivity index (χ0) is 22.5. The van der Waals surface area contributed by atoms with Crippen LogP contribution in [0.3, 0.4) is 0 Å². The Kier molecular flexibility index (Phi) is 4.69. The molecule has 1 atom stereocenters. The predicted molar refractivity (Wildman–Crippen MR) is 128 cm³/mol. The summed E-state index contributed by atoms with van der Waals surface area (Å²) in [6.45, 7) is 4.21. The molecule has 2 aliphatic heterocycles. The van der Waals surface area contributed by atoms with E-state index in [1.54, 1.807) is 0 Å². The van der Waals surface area contributed by atoms with Gasteiger partial charge >= 0.3 is 0 Å². The molecule has 2 amide bonds. The number of imide groups is 1. The summed E-state index contributed by atoms with van der Waals surface area (Å²) in [5, 5.41) is 4.49. The van der Waals surface area contributed by atoms with Crippen LogP contribution in [0.4, 0.5) is 0 Å². The first-order valence-corrected chi connectivity index (χ1v) is 11.5. The number of benzene rings is 2. The van der Waals surface area contributed by atoms with Crippen molar-refractivity contribution < 1.29 is 14.3 Å². The lowest BCUT2D eigenvalue weighted by molar-refractivity contribution is -0.122. The number of carbonyl (C=O) groups excluding carboxylic acids is 2. The highest BCUT2D eigenvalue weighted by atomic mass is 16.5. The number of ether oxygens (including phenoxy) is 1. The highest BCUT2D eigenvalue weighted by Crippen LogP contribution is 2.39. The molecule has 4 heterocycles. The van der Waals surface area contributed by atoms with Crippen molar-refractivity contribution in [2.45, 2.75) is 39.0 Å². The fourth-order valence-electron chi connectivity index (χ4n) is 5.24. The maximum absolute atomic E-state index is 13.1. The topological polar surface area (TPSA) is 65.3 Å². The fraction of sp³-hybridized carbons (Fsp3) is 0.259. The van der Waals surface area contributed by atoms with Gasteiger partial charge in [-0.2, -0.15) is 0 Å². The summed E-state index contributed by atoms with van der Waals surface area (Å²) in [4.78, 5) is 26.2. The van der Waals surface area contributed by atoms with Crippen molar-refractivity contribution in [2.75, 3.05) is 6.61 Å². The van der Waals surface area contributed by atoms with Crippen molar-refractivity contribution in [3.8, 4) is 0 Å². The van der Waals surface area contributed by atoms with Crippen LogP contribution < -0.4 is 5.32 Å². The van der Waals surface area contributed by atoms with Gasteiger partial charge in [-0.15, -0.1) is 0 Å². The van der Waals surface area contributed by atoms with Crippen molar-refractivity contribution in [1.82, 2.24) is 14.5 Å². The molecule has 166 valence electrons. The highest BCUT2D eigenvalue weighted by Gasteiger charge is 2.35. The molecule has 0 saturated heterocycles. The minimum Gasteiger partial charge on any atom is -0.376 e. The third kappa shape index (κ3) is 3.13. The van der Waals surface area contributed by atoms with Crippen LogP contribution in [-0.4, -0.2) is 33.7 Å². The van der Waals surface area contributed by atoms with Gasteiger partial charge in [-0.3, -0.25) is 14.9 Å². The Morgan fingerprint density at radius 2 is 1.39 bits per heavy atom. The fourth-order valence-corrected chi connectivity index (χ4v) is 5.24. The maximum atomic E-state index is 13.1. The van der Waals surface area contributed by atoms with Crippen LogP contribution in [0.2, 0.25) is 0 Å². The molecule has 6 rings (SSSR count). The monoisotopic (exact) mass is 439 g/mol. The number of rotatable bonds is 1. The maximum Gasteiger partial charge on any atom is 0.259 e. The van der Waals surface area contributed by atoms with E-state index in [0.29, 0.717) is 24.3 Å². The van der Waals surface area contributed by atoms with Crippen molar-refractivity contribution >= 4 is 44.8 Å². The van der Waals surface area contributed by atoms with Gasteiger partial charge in [0.25, 0.3) is 11.8 Å². The minimum absolute atomic E-state index is 0.157. The standard InChI is InChI=1S/C27H25N3O3/c1-2-17-11-12-29-15-20(18-7-3-5-9-22(18)29)24-25(27(32)28-26(24)31)21-16-30(13-14-33-17)23-10-6-4-8-19(21)23/h3-10,15-17H,2,11-14H2,1H3,(H,28,31,32). The minimum atomic E-state index is -0.343. The molecule has 0 saturated carbocycles. The van der Waals surface area contributed by atoms with E-state index in [1.807, 2.05) is 48.8 Å². The van der Waals surface area contributed by atoms with Gasteiger partial charge in [0.1, 0.15) is 0 Å². The molecule has 4 bridgehead atoms. The number of aromatic nitrogens is 2. The van der Waals surface area contributed by atoms with Gasteiger partial charge in [0.2, 0.25) is 0 Å². The molecule has 6 heteroatoms. The first kappa shape index (κ1) is 20.0. The predicted octanol–water partition coefficient (Wildman–Crippen LogP) is 4.36. The summed E-state index contributed by atoms with van der Waals surface area (Å²) in [5.74, 6) is -0.680. The second-order valence-electron chi connectivity index (χ2n) is 8.73. The number of fused-ring (bicyclic) bond motifs is 12. The molecule has 0 fully saturated rings. The average molecular weight is 440 g/mol. The lowest BCUT2D eigenvalue weighted by atomic mass is 9.95. The Hall–Kier alpha value is -3.64. The number of aryl methyl sites for hydroxylation is 1. The largest absolute Gasteiger partial charge is 0.376 e. The number of nitrogens with zero attached hydrogens (tertiary/aromatic N) is 2. The van der Waals surface area contributed by atoms with Crippen molar-refractivity contribution in [1.29, 1.82) is 0 Å². The van der Waals surface area contributed by atoms with Crippen molar-refractivity contribution in [3.05, 3.63) is 72.1 Å². The second-order valence-corrected chi connectivity index (χ2v) is 8.73. The number of para-hydroxylation sites is 2. The third-order valence-corrected chi connectivity index (χ3v) is 6.88. The summed E-state index contributed by atoms with van der Waals surface area (Å²) >= 11 is 0. The van der Waals surface area contributed by atoms with Gasteiger partial charge < -0.3 is 13.9 Å². The summed E-state index contributed by atoms with van der Waals surface area (Å²) < 4.78 is 10.6. The Morgan fingerprint density at radius 3 is 1.97 bits per heavy atom. The Balaban J connectivity index is 1.68. The smallest absolute Gasteiger partial charge is 0.259 e. The molecule has 0 aliphatic carbocycles. The number of carbonyl (C=O) groups is 2. The highest BCUT2D eigenvalue weighted by molar-refractivity contribution is 6.50. The van der Waals surface area contributed by atoms with Crippen LogP contribution in [0.1, 0.15) is 30.9 Å². The van der Waals surface area contributed by atoms with E-state index < -0.39 is 0 Å². The molecule has 1 N–H and O–H groups in total. The van der Waals surface area contributed by atoms with E-state index in [9.17, 15) is 9.59 Å². The zero-order valence-electron chi connectivity index (χ0n) is 18.5. The molecule has 0 radical (unpaired) electrons. The average Bonchev–Trinajstić information content (AvgIpc) is 3.46. The quantitative estimate of drug-likeness (QED) is 0.448. The molecule has 1 unspecified atom stereocenters. The Labute approximate surface area is 191 Å². The number of hydrogen-bond acceptors (Lipinski definition) is 3. The van der Waals surface area contributed by atoms with E-state index in [0.717, 1.165) is 52.3 Å². The van der Waals surface area contributed by atoms with Crippen LogP contribution in [0.15, 0.2) is 60.9 Å². The van der Waals surface area contributed by atoms with Gasteiger partial charge in [0.05, 0.1) is 23.9 Å². The lowest BCUT2D eigenvalue weighted by Gasteiger charge is -2.17. The van der Waals surface area contributed by atoms with Crippen LogP contribution >= 0.6 is 0 Å². The second kappa shape index (κ2) is 7.74. The number of nitrogens with one attached hydrogen (secondary N) is 1. The number of amides is 2. The van der Waals surface area contributed by atoms with Crippen LogP contribution in [0, 0.1) is 0 Å². The normalized spacial score (nSPS) is 19.1. The summed E-state index contributed by atoms with van der Waals surface area (Å²) in [6, 6.07) is 16.1. The molecule has 0 spiro atoms. The molecule has 33 heavy (non-hydrogen) atoms. The first-order valence-electron chi connectivity index (χ1n) is 11.5. The van der Waals surface area contributed by atoms with E-state index in [4.69, 9.17) is 4.74 Å². The van der Waals surface area contributed by atoms with Crippen LogP contribution in [-0.2, 0) is 27.4 Å². The van der Waals surface area contributed by atoms with Gasteiger partial charge in [0, 0.05) is 58.4 Å². The molecule has 6 nitrogen and oxygen atoms in total. The van der Waals surface area contributed by atoms with Crippen LogP contribution in [0.5, 0.6) is 0 Å². The zero-order valence-corrected chi connectivity index (χ0v) is 18.5. The van der Waals surface area contributed by atoms with Crippen molar-refractivity contribution in [2.24, 2.45) is 0 Å². The van der Waals surface area contributed by atoms with Gasteiger partial charge in [0.15, 0.2) is 0 Å². The molecular formula is C27H25N3O3. The summed E-state index contributed by atoms with van der Waals surface area (Å²) in [7, 11) is 0. The van der Waals surface area contributed by atoms with Crippen LogP contribution in [0.25, 0.3) is 33.0 Å². The Bertz CT molecular complexity index is 1460. The third-order valence-electron chi connectivity index (χ3n) is 6.88. The number of hydrogen-bond donors (Lipinski definition) is 1. The molecule has 4 aromatic rings. The van der Waals surface area contributed by atoms with E-state index in [-0.39, 0.29) is 17.9 Å². The first-order chi connectivity index (χ1) is 16.2. The summed E-state index contributed by atoms with van der Waals surface area (Å²) in [6.07, 6.45) is 5.99. The van der Waals surface area contributed by atoms with Gasteiger partial charge in [-0.1, -0.05) is 43.3 Å². The molecular weight excluding hydrogens is 414 g/mol. The Morgan fingerprint density at radius 1 is 0.848 bits per heavy atom. The lowest BCUT2D eigenvalue weighted by Crippen LogP contribution is -2.22. The molecule has 2 aromatic carbocycles. The SMILES string of the molecule is CCC1CCn2cc(c3ccccc32)C2=C(C(=O)NC2=O)c2cn(c3ccccc23)CCO1. The molecule has 2 aromatic heterocycles. The van der Waals surface area contributed by atoms with E-state index >= 15 is 0 Å².